The highest BCUT2D eigenvalue weighted by molar-refractivity contribution is 7.22. The zero-order valence-electron chi connectivity index (χ0n) is 16.3. The number of furan rings is 1. The maximum atomic E-state index is 12.9. The van der Waals surface area contributed by atoms with Gasteiger partial charge in [-0.2, -0.15) is 0 Å². The second-order valence-corrected chi connectivity index (χ2v) is 9.30. The monoisotopic (exact) mass is 416 g/mol. The maximum Gasteiger partial charge on any atom is 0.289 e. The standard InChI is InChI=1S/C24H20N2O3S/c27-22-8-7-18(21-11-16-4-1-2-6-20(16)30-21)23-17-10-15(13-26(22)23)12-25(14-17)24(28)19-5-3-9-29-19/h1-9,11,15,17H,10,12-14H2. The average Bonchev–Trinajstić information content (AvgIpc) is 3.43. The van der Waals surface area contributed by atoms with E-state index in [1.807, 2.05) is 21.6 Å². The third-order valence-electron chi connectivity index (χ3n) is 6.30. The highest BCUT2D eigenvalue weighted by Crippen LogP contribution is 2.42. The lowest BCUT2D eigenvalue weighted by molar-refractivity contribution is 0.0564. The number of nitrogens with zero attached hydrogens (tertiary/aromatic N) is 2. The molecule has 150 valence electrons. The summed E-state index contributed by atoms with van der Waals surface area (Å²) >= 11 is 1.75. The molecule has 0 radical (unpaired) electrons. The number of hydrogen-bond acceptors (Lipinski definition) is 4. The minimum Gasteiger partial charge on any atom is -0.459 e. The summed E-state index contributed by atoms with van der Waals surface area (Å²) in [6.45, 7) is 1.93. The summed E-state index contributed by atoms with van der Waals surface area (Å²) < 4.78 is 8.53. The first-order valence-electron chi connectivity index (χ1n) is 10.2. The topological polar surface area (TPSA) is 55.5 Å². The number of carbonyl (C=O) groups is 1. The molecule has 0 spiro atoms. The Balaban J connectivity index is 1.44. The van der Waals surface area contributed by atoms with E-state index in [4.69, 9.17) is 4.42 Å². The van der Waals surface area contributed by atoms with E-state index in [-0.39, 0.29) is 23.3 Å². The summed E-state index contributed by atoms with van der Waals surface area (Å²) in [5, 5.41) is 1.22. The number of piperidine rings is 1. The van der Waals surface area contributed by atoms with Crippen LogP contribution in [0.1, 0.15) is 28.6 Å². The lowest BCUT2D eigenvalue weighted by Crippen LogP contribution is -2.49. The number of thiophene rings is 1. The fourth-order valence-electron chi connectivity index (χ4n) is 5.06. The molecule has 5 heterocycles. The van der Waals surface area contributed by atoms with Gasteiger partial charge < -0.3 is 13.9 Å². The van der Waals surface area contributed by atoms with Crippen LogP contribution in [0.4, 0.5) is 0 Å². The number of pyridine rings is 1. The van der Waals surface area contributed by atoms with Crippen molar-refractivity contribution in [2.75, 3.05) is 13.1 Å². The Morgan fingerprint density at radius 3 is 2.77 bits per heavy atom. The van der Waals surface area contributed by atoms with Crippen molar-refractivity contribution in [1.82, 2.24) is 9.47 Å². The summed E-state index contributed by atoms with van der Waals surface area (Å²) in [5.74, 6) is 0.742. The van der Waals surface area contributed by atoms with Crippen LogP contribution in [-0.2, 0) is 6.54 Å². The number of likely N-dealkylation sites (tertiary alicyclic amines) is 1. The molecule has 3 aromatic heterocycles. The molecule has 1 fully saturated rings. The van der Waals surface area contributed by atoms with E-state index in [2.05, 4.69) is 24.3 Å². The van der Waals surface area contributed by atoms with Crippen LogP contribution in [0.5, 0.6) is 0 Å². The quantitative estimate of drug-likeness (QED) is 0.481. The minimum atomic E-state index is -0.0650. The third-order valence-corrected chi connectivity index (χ3v) is 7.45. The van der Waals surface area contributed by atoms with E-state index in [0.717, 1.165) is 17.7 Å². The molecule has 0 saturated carbocycles. The predicted octanol–water partition coefficient (Wildman–Crippen LogP) is 4.58. The Morgan fingerprint density at radius 2 is 1.93 bits per heavy atom. The number of fused-ring (bicyclic) bond motifs is 5. The lowest BCUT2D eigenvalue weighted by Gasteiger charge is -2.43. The number of benzene rings is 1. The minimum absolute atomic E-state index is 0.0513. The molecule has 0 aliphatic carbocycles. The van der Waals surface area contributed by atoms with Gasteiger partial charge in [-0.05, 0) is 48.1 Å². The molecule has 6 heteroatoms. The molecule has 1 amide bonds. The smallest absolute Gasteiger partial charge is 0.289 e. The Labute approximate surface area is 177 Å². The van der Waals surface area contributed by atoms with Crippen molar-refractivity contribution in [3.8, 4) is 10.4 Å². The molecule has 1 saturated heterocycles. The van der Waals surface area contributed by atoms with Crippen molar-refractivity contribution < 1.29 is 9.21 Å². The molecule has 2 aliphatic rings. The Morgan fingerprint density at radius 1 is 1.03 bits per heavy atom. The number of aromatic nitrogens is 1. The van der Waals surface area contributed by atoms with Crippen molar-refractivity contribution in [3.63, 3.8) is 0 Å². The van der Waals surface area contributed by atoms with Crippen molar-refractivity contribution in [2.45, 2.75) is 18.9 Å². The van der Waals surface area contributed by atoms with Crippen molar-refractivity contribution in [1.29, 1.82) is 0 Å². The van der Waals surface area contributed by atoms with Gasteiger partial charge in [-0.25, -0.2) is 0 Å². The fraction of sp³-hybridized carbons (Fsp3) is 0.250. The summed E-state index contributed by atoms with van der Waals surface area (Å²) in [6.07, 6.45) is 2.54. The molecule has 2 aliphatic heterocycles. The van der Waals surface area contributed by atoms with E-state index in [9.17, 15) is 9.59 Å². The largest absolute Gasteiger partial charge is 0.459 e. The maximum absolute atomic E-state index is 12.9. The van der Waals surface area contributed by atoms with Gasteiger partial charge in [0.25, 0.3) is 11.5 Å². The van der Waals surface area contributed by atoms with Gasteiger partial charge in [0, 0.05) is 52.5 Å². The second-order valence-electron chi connectivity index (χ2n) is 8.22. The third kappa shape index (κ3) is 2.75. The van der Waals surface area contributed by atoms with Gasteiger partial charge in [0.2, 0.25) is 0 Å². The second kappa shape index (κ2) is 6.71. The van der Waals surface area contributed by atoms with Gasteiger partial charge in [0.15, 0.2) is 5.76 Å². The van der Waals surface area contributed by atoms with Gasteiger partial charge in [-0.3, -0.25) is 9.59 Å². The molecule has 1 aromatic carbocycles. The summed E-state index contributed by atoms with van der Waals surface area (Å²) in [4.78, 5) is 28.7. The SMILES string of the molecule is O=C(c1ccco1)N1CC2CC(C1)c1c(-c3cc4ccccc4s3)ccc(=O)n1C2. The highest BCUT2D eigenvalue weighted by atomic mass is 32.1. The zero-order chi connectivity index (χ0) is 20.2. The first-order valence-corrected chi connectivity index (χ1v) is 11.0. The molecular weight excluding hydrogens is 396 g/mol. The van der Waals surface area contributed by atoms with Crippen LogP contribution in [0.2, 0.25) is 0 Å². The van der Waals surface area contributed by atoms with Crippen LogP contribution in [-0.4, -0.2) is 28.5 Å². The van der Waals surface area contributed by atoms with E-state index >= 15 is 0 Å². The summed E-state index contributed by atoms with van der Waals surface area (Å²) in [7, 11) is 0. The van der Waals surface area contributed by atoms with Crippen LogP contribution in [0.15, 0.2) is 70.1 Å². The van der Waals surface area contributed by atoms with Crippen LogP contribution >= 0.6 is 11.3 Å². The van der Waals surface area contributed by atoms with Gasteiger partial charge in [-0.15, -0.1) is 11.3 Å². The van der Waals surface area contributed by atoms with Gasteiger partial charge in [0.1, 0.15) is 0 Å². The number of carbonyl (C=O) groups excluding carboxylic acids is 1. The number of amides is 1. The van der Waals surface area contributed by atoms with Gasteiger partial charge >= 0.3 is 0 Å². The molecule has 2 unspecified atom stereocenters. The highest BCUT2D eigenvalue weighted by Gasteiger charge is 2.38. The van der Waals surface area contributed by atoms with E-state index in [1.54, 1.807) is 29.5 Å². The molecule has 2 bridgehead atoms. The van der Waals surface area contributed by atoms with E-state index in [0.29, 0.717) is 25.4 Å². The average molecular weight is 417 g/mol. The van der Waals surface area contributed by atoms with E-state index < -0.39 is 0 Å². The van der Waals surface area contributed by atoms with Crippen LogP contribution in [0.25, 0.3) is 20.5 Å². The lowest BCUT2D eigenvalue weighted by atomic mass is 9.81. The molecule has 0 N–H and O–H groups in total. The van der Waals surface area contributed by atoms with Crippen molar-refractivity contribution in [3.05, 3.63) is 82.7 Å². The Kier molecular flexibility index (Phi) is 3.96. The van der Waals surface area contributed by atoms with Crippen LogP contribution < -0.4 is 5.56 Å². The molecule has 6 rings (SSSR count). The molecule has 30 heavy (non-hydrogen) atoms. The first kappa shape index (κ1) is 17.7. The van der Waals surface area contributed by atoms with Gasteiger partial charge in [-0.1, -0.05) is 18.2 Å². The molecule has 4 aromatic rings. The predicted molar refractivity (Wildman–Crippen MR) is 117 cm³/mol. The summed E-state index contributed by atoms with van der Waals surface area (Å²) in [6, 6.07) is 17.7. The van der Waals surface area contributed by atoms with Gasteiger partial charge in [0.05, 0.1) is 6.26 Å². The fourth-order valence-corrected chi connectivity index (χ4v) is 6.16. The van der Waals surface area contributed by atoms with E-state index in [1.165, 1.54) is 21.2 Å². The molecule has 2 atom stereocenters. The number of rotatable bonds is 2. The summed E-state index contributed by atoms with van der Waals surface area (Å²) in [5.41, 5.74) is 2.24. The Bertz CT molecular complexity index is 1280. The zero-order valence-corrected chi connectivity index (χ0v) is 17.1. The molecular formula is C24H20N2O3S. The van der Waals surface area contributed by atoms with Crippen LogP contribution in [0, 0.1) is 5.92 Å². The van der Waals surface area contributed by atoms with Crippen molar-refractivity contribution in [2.24, 2.45) is 5.92 Å². The Hall–Kier alpha value is -3.12. The van der Waals surface area contributed by atoms with Crippen LogP contribution in [0.3, 0.4) is 0 Å². The first-order chi connectivity index (χ1) is 14.7. The number of hydrogen-bond donors (Lipinski definition) is 0. The van der Waals surface area contributed by atoms with Crippen molar-refractivity contribution >= 4 is 27.3 Å². The molecule has 5 nitrogen and oxygen atoms in total. The normalized spacial score (nSPS) is 20.3.